The van der Waals surface area contributed by atoms with Crippen molar-refractivity contribution in [3.63, 3.8) is 0 Å². The van der Waals surface area contributed by atoms with E-state index in [1.54, 1.807) is 19.1 Å². The van der Waals surface area contributed by atoms with Crippen molar-refractivity contribution in [1.82, 2.24) is 0 Å². The van der Waals surface area contributed by atoms with Crippen molar-refractivity contribution in [3.8, 4) is 0 Å². The third-order valence-corrected chi connectivity index (χ3v) is 7.54. The molecule has 2 atom stereocenters. The number of aryl methyl sites for hydroxylation is 1. The Morgan fingerprint density at radius 1 is 1.35 bits per heavy atom. The molecule has 1 spiro atoms. The Morgan fingerprint density at radius 2 is 2.06 bits per heavy atom. The molecule has 0 bridgehead atoms. The Balaban J connectivity index is 2.01. The number of carbonyl (C=O) groups excluding carboxylic acids is 1. The highest BCUT2D eigenvalue weighted by atomic mass is 79.9. The van der Waals surface area contributed by atoms with Crippen molar-refractivity contribution in [3.05, 3.63) is 38.3 Å². The van der Waals surface area contributed by atoms with Crippen LogP contribution in [-0.4, -0.2) is 50.8 Å². The van der Waals surface area contributed by atoms with Gasteiger partial charge in [-0.25, -0.2) is 4.79 Å². The van der Waals surface area contributed by atoms with Gasteiger partial charge in [-0.1, -0.05) is 27.5 Å². The van der Waals surface area contributed by atoms with Gasteiger partial charge in [0.1, 0.15) is 6.61 Å². The summed E-state index contributed by atoms with van der Waals surface area (Å²) < 4.78 is 60.2. The number of rotatable bonds is 6. The van der Waals surface area contributed by atoms with E-state index in [4.69, 9.17) is 41.9 Å². The number of ether oxygens (including phenoxy) is 2. The molecule has 2 aliphatic rings. The molecule has 1 aromatic rings. The lowest BCUT2D eigenvalue weighted by molar-refractivity contribution is -0.157. The van der Waals surface area contributed by atoms with E-state index in [2.05, 4.69) is 15.9 Å². The van der Waals surface area contributed by atoms with Gasteiger partial charge in [0.2, 0.25) is 0 Å². The molecule has 0 radical (unpaired) electrons. The third kappa shape index (κ3) is 5.91. The fraction of sp³-hybridized carbons (Fsp3) is 0.526. The normalized spacial score (nSPS) is 23.9. The number of halogens is 5. The van der Waals surface area contributed by atoms with Crippen molar-refractivity contribution in [2.75, 3.05) is 33.1 Å². The minimum Gasteiger partial charge on any atom is -0.448 e. The second-order valence-electron chi connectivity index (χ2n) is 7.41. The van der Waals surface area contributed by atoms with Crippen LogP contribution in [0.25, 0.3) is 5.57 Å². The van der Waals surface area contributed by atoms with Crippen molar-refractivity contribution < 1.29 is 36.5 Å². The molecule has 0 N–H and O–H groups in total. The van der Waals surface area contributed by atoms with Gasteiger partial charge in [-0.15, -0.1) is 0 Å². The average molecular weight is 564 g/mol. The second-order valence-corrected chi connectivity index (χ2v) is 12.8. The average Bonchev–Trinajstić information content (AvgIpc) is 2.89. The quantitative estimate of drug-likeness (QED) is 0.322. The summed E-state index contributed by atoms with van der Waals surface area (Å²) in [5.74, 6) is -0.586. The largest absolute Gasteiger partial charge is 0.448 e. The highest BCUT2D eigenvalue weighted by molar-refractivity contribution is 9.10. The Morgan fingerprint density at radius 3 is 2.65 bits per heavy atom. The summed E-state index contributed by atoms with van der Waals surface area (Å²) in [4.78, 5) is 13.0. The van der Waals surface area contributed by atoms with Gasteiger partial charge in [-0.3, -0.25) is 0 Å². The number of hydrogen-bond acceptors (Lipinski definition) is 6. The first-order chi connectivity index (χ1) is 14.3. The van der Waals surface area contributed by atoms with E-state index < -0.39 is 30.8 Å². The highest BCUT2D eigenvalue weighted by Gasteiger charge is 2.50. The van der Waals surface area contributed by atoms with Crippen molar-refractivity contribution >= 4 is 57.4 Å². The molecule has 0 aliphatic carbocycles. The van der Waals surface area contributed by atoms with Gasteiger partial charge in [0.25, 0.3) is 0 Å². The molecule has 0 saturated carbocycles. The monoisotopic (exact) mass is 562 g/mol. The van der Waals surface area contributed by atoms with Gasteiger partial charge < -0.3 is 18.5 Å². The van der Waals surface area contributed by atoms with Crippen LogP contribution in [0, 0.1) is 6.92 Å². The highest BCUT2D eigenvalue weighted by Crippen LogP contribution is 2.50. The molecule has 12 heteroatoms. The summed E-state index contributed by atoms with van der Waals surface area (Å²) >= 11 is 15.0. The molecule has 2 unspecified atom stereocenters. The molecule has 1 saturated heterocycles. The summed E-state index contributed by atoms with van der Waals surface area (Å²) in [5.41, 5.74) is 0.813. The number of alkyl halides is 3. The first-order valence-electron chi connectivity index (χ1n) is 9.28. The molecule has 172 valence electrons. The van der Waals surface area contributed by atoms with E-state index in [1.165, 1.54) is 6.66 Å². The zero-order valence-electron chi connectivity index (χ0n) is 16.7. The predicted molar refractivity (Wildman–Crippen MR) is 118 cm³/mol. The second kappa shape index (κ2) is 9.41. The fourth-order valence-electron chi connectivity index (χ4n) is 3.61. The van der Waals surface area contributed by atoms with Crippen LogP contribution in [0.4, 0.5) is 13.2 Å². The number of benzene rings is 1. The van der Waals surface area contributed by atoms with Gasteiger partial charge in [0.05, 0.1) is 23.8 Å². The van der Waals surface area contributed by atoms with E-state index >= 15 is 0 Å². The molecule has 0 amide bonds. The summed E-state index contributed by atoms with van der Waals surface area (Å²) in [6.45, 7) is -1.25. The number of hydrogen-bond donors (Lipinski definition) is 0. The van der Waals surface area contributed by atoms with Crippen LogP contribution in [-0.2, 0) is 35.1 Å². The van der Waals surface area contributed by atoms with Gasteiger partial charge in [0, 0.05) is 28.9 Å². The van der Waals surface area contributed by atoms with Gasteiger partial charge in [-0.2, -0.15) is 13.2 Å². The van der Waals surface area contributed by atoms with E-state index in [0.717, 1.165) is 10.0 Å². The first kappa shape index (κ1) is 25.1. The summed E-state index contributed by atoms with van der Waals surface area (Å²) in [6, 6.07) is 3.46. The van der Waals surface area contributed by atoms with Crippen LogP contribution in [0.15, 0.2) is 22.2 Å². The van der Waals surface area contributed by atoms with Crippen molar-refractivity contribution in [2.24, 2.45) is 0 Å². The molecular weight excluding hydrogens is 544 g/mol. The Kier molecular flexibility index (Phi) is 7.63. The van der Waals surface area contributed by atoms with E-state index in [1.807, 2.05) is 0 Å². The molecular formula is C19H20BrClF3O5PS. The maximum atomic E-state index is 13.0. The minimum absolute atomic E-state index is 0.115. The summed E-state index contributed by atoms with van der Waals surface area (Å²) in [5, 5.41) is 0.328. The fourth-order valence-corrected chi connectivity index (χ4v) is 5.81. The molecule has 5 nitrogen and oxygen atoms in total. The number of esters is 1. The molecule has 3 rings (SSSR count). The molecule has 1 fully saturated rings. The molecule has 2 heterocycles. The maximum Gasteiger partial charge on any atom is 0.412 e. The molecule has 2 aliphatic heterocycles. The van der Waals surface area contributed by atoms with Crippen LogP contribution < -0.4 is 0 Å². The van der Waals surface area contributed by atoms with Crippen LogP contribution in [0.1, 0.15) is 24.0 Å². The van der Waals surface area contributed by atoms with Crippen molar-refractivity contribution in [2.45, 2.75) is 31.5 Å². The summed E-state index contributed by atoms with van der Waals surface area (Å²) in [7, 11) is 0. The Hall–Kier alpha value is -0.480. The van der Waals surface area contributed by atoms with Gasteiger partial charge in [-0.05, 0) is 49.3 Å². The van der Waals surface area contributed by atoms with Crippen LogP contribution >= 0.6 is 34.0 Å². The van der Waals surface area contributed by atoms with Crippen LogP contribution in [0.2, 0.25) is 5.02 Å². The van der Waals surface area contributed by atoms with Gasteiger partial charge >= 0.3 is 12.1 Å². The maximum absolute atomic E-state index is 13.0. The molecule has 31 heavy (non-hydrogen) atoms. The lowest BCUT2D eigenvalue weighted by Crippen LogP contribution is -2.42. The zero-order valence-corrected chi connectivity index (χ0v) is 20.7. The molecule has 1 aromatic carbocycles. The topological polar surface area (TPSA) is 54.0 Å². The van der Waals surface area contributed by atoms with Gasteiger partial charge in [0.15, 0.2) is 12.1 Å². The Bertz CT molecular complexity index is 939. The SMILES string of the molecule is Cc1cc(Br)cc(Cl)c1C1=C(COP(C)(=S)OCC(F)(F)F)C2(CCCOC2)OC1=O. The lowest BCUT2D eigenvalue weighted by Gasteiger charge is -2.34. The summed E-state index contributed by atoms with van der Waals surface area (Å²) in [6.07, 6.45) is -3.40. The smallest absolute Gasteiger partial charge is 0.412 e. The standard InChI is InChI=1S/C19H20BrClF3O5PS/c1-11-6-12(20)7-14(21)15(11)16-13(8-27-30(2,31)28-10-19(22,23)24)18(29-17(16)25)4-3-5-26-9-18/h6-7H,3-5,8-10H2,1-2H3. The number of carbonyl (C=O) groups is 1. The Labute approximate surface area is 196 Å². The third-order valence-electron chi connectivity index (χ3n) is 4.96. The predicted octanol–water partition coefficient (Wildman–Crippen LogP) is 5.81. The van der Waals surface area contributed by atoms with Crippen molar-refractivity contribution in [1.29, 1.82) is 0 Å². The zero-order chi connectivity index (χ0) is 23.0. The lowest BCUT2D eigenvalue weighted by atomic mass is 9.85. The first-order valence-corrected chi connectivity index (χ1v) is 13.5. The van der Waals surface area contributed by atoms with Crippen LogP contribution in [0.3, 0.4) is 0 Å². The van der Waals surface area contributed by atoms with Crippen LogP contribution in [0.5, 0.6) is 0 Å². The van der Waals surface area contributed by atoms with E-state index in [9.17, 15) is 18.0 Å². The molecule has 0 aromatic heterocycles. The van der Waals surface area contributed by atoms with E-state index in [-0.39, 0.29) is 18.8 Å². The van der Waals surface area contributed by atoms with E-state index in [0.29, 0.717) is 35.6 Å². The minimum atomic E-state index is -4.53.